The smallest absolute Gasteiger partial charge is 0.248 e. The first kappa shape index (κ1) is 25.2. The van der Waals surface area contributed by atoms with Crippen LogP contribution in [0, 0.1) is 12.8 Å². The molecular formula is C28H34N6O2. The number of fused-ring (bicyclic) bond motifs is 1. The number of benzene rings is 1. The van der Waals surface area contributed by atoms with Crippen LogP contribution >= 0.6 is 0 Å². The summed E-state index contributed by atoms with van der Waals surface area (Å²) in [6, 6.07) is 8.12. The van der Waals surface area contributed by atoms with Crippen molar-refractivity contribution in [1.82, 2.24) is 24.6 Å². The lowest BCUT2D eigenvalue weighted by atomic mass is 9.98. The zero-order valence-corrected chi connectivity index (χ0v) is 21.8. The normalized spacial score (nSPS) is 11.8. The van der Waals surface area contributed by atoms with Crippen molar-refractivity contribution in [2.75, 3.05) is 32.6 Å². The minimum absolute atomic E-state index is 0.158. The van der Waals surface area contributed by atoms with E-state index in [4.69, 9.17) is 4.74 Å². The molecule has 0 radical (unpaired) electrons. The SMILES string of the molecule is Cc1ccc(-c2c(-c3cnn(C)c3)[nH]c3ncc(OCC(C)C)cc23)cc1NC(=O)/C=C/CN(C)C. The molecule has 0 bridgehead atoms. The van der Waals surface area contributed by atoms with E-state index in [0.717, 1.165) is 50.4 Å². The fourth-order valence-electron chi connectivity index (χ4n) is 3.92. The highest BCUT2D eigenvalue weighted by Gasteiger charge is 2.19. The standard InChI is InChI=1S/C28H34N6O2/c1-18(2)17-36-22-13-23-26(27(32-28(23)29-15-22)21-14-30-34(6)16-21)20-10-9-19(3)24(12-20)31-25(35)8-7-11-33(4)5/h7-10,12-16,18H,11,17H2,1-6H3,(H,29,32)(H,31,35)/b8-7+. The monoisotopic (exact) mass is 486 g/mol. The van der Waals surface area contributed by atoms with Crippen LogP contribution in [0.25, 0.3) is 33.4 Å². The summed E-state index contributed by atoms with van der Waals surface area (Å²) >= 11 is 0. The van der Waals surface area contributed by atoms with Gasteiger partial charge in [-0.05, 0) is 50.2 Å². The number of pyridine rings is 1. The number of hydrogen-bond acceptors (Lipinski definition) is 5. The predicted molar refractivity (Wildman–Crippen MR) is 145 cm³/mol. The van der Waals surface area contributed by atoms with E-state index in [1.165, 1.54) is 0 Å². The fourth-order valence-corrected chi connectivity index (χ4v) is 3.92. The van der Waals surface area contributed by atoms with Crippen LogP contribution in [-0.2, 0) is 11.8 Å². The van der Waals surface area contributed by atoms with Gasteiger partial charge in [-0.15, -0.1) is 0 Å². The zero-order valence-electron chi connectivity index (χ0n) is 21.8. The van der Waals surface area contributed by atoms with E-state index >= 15 is 0 Å². The lowest BCUT2D eigenvalue weighted by Crippen LogP contribution is -2.13. The number of nitrogens with one attached hydrogen (secondary N) is 2. The number of ether oxygens (including phenoxy) is 1. The van der Waals surface area contributed by atoms with Gasteiger partial charge in [0, 0.05) is 48.1 Å². The van der Waals surface area contributed by atoms with Gasteiger partial charge in [0.05, 0.1) is 24.7 Å². The van der Waals surface area contributed by atoms with Crippen LogP contribution in [0.3, 0.4) is 0 Å². The molecule has 2 N–H and O–H groups in total. The van der Waals surface area contributed by atoms with Crippen LogP contribution in [0.5, 0.6) is 5.75 Å². The molecule has 3 heterocycles. The van der Waals surface area contributed by atoms with Crippen molar-refractivity contribution < 1.29 is 9.53 Å². The predicted octanol–water partition coefficient (Wildman–Crippen LogP) is 5.03. The molecular weight excluding hydrogens is 452 g/mol. The topological polar surface area (TPSA) is 88.1 Å². The van der Waals surface area contributed by atoms with Crippen LogP contribution in [0.4, 0.5) is 5.69 Å². The molecule has 0 unspecified atom stereocenters. The second kappa shape index (κ2) is 10.8. The molecule has 0 aliphatic carbocycles. The maximum absolute atomic E-state index is 12.6. The van der Waals surface area contributed by atoms with Crippen molar-refractivity contribution in [2.24, 2.45) is 13.0 Å². The number of aromatic amines is 1. The average molecular weight is 487 g/mol. The van der Waals surface area contributed by atoms with E-state index in [1.807, 2.05) is 69.6 Å². The van der Waals surface area contributed by atoms with Crippen molar-refractivity contribution >= 4 is 22.6 Å². The highest BCUT2D eigenvalue weighted by molar-refractivity contribution is 6.04. The third kappa shape index (κ3) is 5.83. The summed E-state index contributed by atoms with van der Waals surface area (Å²) in [5.41, 5.74) is 6.32. The van der Waals surface area contributed by atoms with Crippen molar-refractivity contribution in [3.05, 3.63) is 60.6 Å². The maximum atomic E-state index is 12.6. The molecule has 0 aliphatic rings. The molecule has 1 amide bonds. The van der Waals surface area contributed by atoms with E-state index < -0.39 is 0 Å². The van der Waals surface area contributed by atoms with Crippen LogP contribution in [0.1, 0.15) is 19.4 Å². The number of nitrogens with zero attached hydrogens (tertiary/aromatic N) is 4. The molecule has 0 fully saturated rings. The minimum Gasteiger partial charge on any atom is -0.492 e. The van der Waals surface area contributed by atoms with Gasteiger partial charge < -0.3 is 19.9 Å². The molecule has 0 aliphatic heterocycles. The number of rotatable bonds is 9. The van der Waals surface area contributed by atoms with E-state index in [1.54, 1.807) is 17.0 Å². The third-order valence-electron chi connectivity index (χ3n) is 5.73. The molecule has 1 aromatic carbocycles. The zero-order chi connectivity index (χ0) is 25.8. The van der Waals surface area contributed by atoms with Crippen LogP contribution in [-0.4, -0.2) is 57.8 Å². The minimum atomic E-state index is -0.158. The largest absolute Gasteiger partial charge is 0.492 e. The summed E-state index contributed by atoms with van der Waals surface area (Å²) in [5.74, 6) is 0.975. The summed E-state index contributed by atoms with van der Waals surface area (Å²) < 4.78 is 7.75. The highest BCUT2D eigenvalue weighted by atomic mass is 16.5. The highest BCUT2D eigenvalue weighted by Crippen LogP contribution is 2.40. The Labute approximate surface area is 212 Å². The van der Waals surface area contributed by atoms with Crippen LogP contribution < -0.4 is 10.1 Å². The molecule has 4 rings (SSSR count). The Bertz CT molecular complexity index is 1400. The number of H-pyrrole nitrogens is 1. The number of amides is 1. The maximum Gasteiger partial charge on any atom is 0.248 e. The van der Waals surface area contributed by atoms with Gasteiger partial charge in [-0.1, -0.05) is 32.1 Å². The Hall–Kier alpha value is -3.91. The van der Waals surface area contributed by atoms with Gasteiger partial charge in [-0.3, -0.25) is 9.48 Å². The van der Waals surface area contributed by atoms with Crippen molar-refractivity contribution in [3.8, 4) is 28.1 Å². The number of carbonyl (C=O) groups excluding carboxylic acids is 1. The van der Waals surface area contributed by atoms with E-state index in [9.17, 15) is 4.79 Å². The summed E-state index contributed by atoms with van der Waals surface area (Å²) in [5, 5.41) is 8.34. The molecule has 0 spiro atoms. The molecule has 188 valence electrons. The van der Waals surface area contributed by atoms with Gasteiger partial charge in [0.15, 0.2) is 0 Å². The number of hydrogen-bond donors (Lipinski definition) is 2. The molecule has 0 atom stereocenters. The first-order valence-corrected chi connectivity index (χ1v) is 12.1. The molecule has 3 aromatic heterocycles. The summed E-state index contributed by atoms with van der Waals surface area (Å²) in [6.45, 7) is 7.53. The number of anilines is 1. The molecule has 4 aromatic rings. The number of aryl methyl sites for hydroxylation is 2. The van der Waals surface area contributed by atoms with E-state index in [0.29, 0.717) is 19.1 Å². The van der Waals surface area contributed by atoms with Crippen molar-refractivity contribution in [1.29, 1.82) is 0 Å². The first-order valence-electron chi connectivity index (χ1n) is 12.1. The van der Waals surface area contributed by atoms with Gasteiger partial charge in [-0.2, -0.15) is 5.10 Å². The quantitative estimate of drug-likeness (QED) is 0.324. The second-order valence-electron chi connectivity index (χ2n) is 9.73. The van der Waals surface area contributed by atoms with Crippen LogP contribution in [0.2, 0.25) is 0 Å². The van der Waals surface area contributed by atoms with E-state index in [-0.39, 0.29) is 5.91 Å². The van der Waals surface area contributed by atoms with Crippen LogP contribution in [0.15, 0.2) is 55.0 Å². The van der Waals surface area contributed by atoms with Crippen molar-refractivity contribution in [2.45, 2.75) is 20.8 Å². The molecule has 0 saturated heterocycles. The van der Waals surface area contributed by atoms with Crippen molar-refractivity contribution in [3.63, 3.8) is 0 Å². The van der Waals surface area contributed by atoms with Gasteiger partial charge in [0.1, 0.15) is 11.4 Å². The van der Waals surface area contributed by atoms with Gasteiger partial charge in [0.25, 0.3) is 0 Å². The average Bonchev–Trinajstić information content (AvgIpc) is 3.42. The third-order valence-corrected chi connectivity index (χ3v) is 5.73. The Morgan fingerprint density at radius 1 is 1.22 bits per heavy atom. The summed E-state index contributed by atoms with van der Waals surface area (Å²) in [4.78, 5) is 22.7. The molecule has 0 saturated carbocycles. The Kier molecular flexibility index (Phi) is 7.55. The molecule has 8 heteroatoms. The lowest BCUT2D eigenvalue weighted by Gasteiger charge is -2.12. The molecule has 8 nitrogen and oxygen atoms in total. The number of carbonyl (C=O) groups is 1. The lowest BCUT2D eigenvalue weighted by molar-refractivity contribution is -0.111. The fraction of sp³-hybridized carbons (Fsp3) is 0.321. The summed E-state index contributed by atoms with van der Waals surface area (Å²) in [6.07, 6.45) is 8.96. The first-order chi connectivity index (χ1) is 17.2. The molecule has 36 heavy (non-hydrogen) atoms. The Morgan fingerprint density at radius 2 is 2.03 bits per heavy atom. The number of aromatic nitrogens is 4. The Balaban J connectivity index is 1.78. The Morgan fingerprint density at radius 3 is 2.72 bits per heavy atom. The summed E-state index contributed by atoms with van der Waals surface area (Å²) in [7, 11) is 5.82. The van der Waals surface area contributed by atoms with Gasteiger partial charge >= 0.3 is 0 Å². The second-order valence-corrected chi connectivity index (χ2v) is 9.73. The number of likely N-dealkylation sites (N-methyl/N-ethyl adjacent to an activating group) is 1. The van der Waals surface area contributed by atoms with Gasteiger partial charge in [0.2, 0.25) is 5.91 Å². The van der Waals surface area contributed by atoms with E-state index in [2.05, 4.69) is 40.3 Å². The van der Waals surface area contributed by atoms with Gasteiger partial charge in [-0.25, -0.2) is 4.98 Å².